The van der Waals surface area contributed by atoms with Crippen molar-refractivity contribution in [1.82, 2.24) is 4.90 Å². The predicted octanol–water partition coefficient (Wildman–Crippen LogP) is 3.18. The summed E-state index contributed by atoms with van der Waals surface area (Å²) in [5.74, 6) is 1.61. The van der Waals surface area contributed by atoms with Crippen molar-refractivity contribution in [3.63, 3.8) is 0 Å². The van der Waals surface area contributed by atoms with E-state index in [4.69, 9.17) is 0 Å². The SMILES string of the molecule is CC1CC1CN(C)C(=O)c1cccc(Br)c1. The maximum atomic E-state index is 12.1. The van der Waals surface area contributed by atoms with Gasteiger partial charge >= 0.3 is 0 Å². The Balaban J connectivity index is 2.01. The Labute approximate surface area is 105 Å². The van der Waals surface area contributed by atoms with Gasteiger partial charge in [-0.2, -0.15) is 0 Å². The summed E-state index contributed by atoms with van der Waals surface area (Å²) in [6.45, 7) is 3.12. The molecule has 0 radical (unpaired) electrons. The number of amides is 1. The van der Waals surface area contributed by atoms with Crippen LogP contribution in [0.2, 0.25) is 0 Å². The monoisotopic (exact) mass is 281 g/mol. The van der Waals surface area contributed by atoms with E-state index in [2.05, 4.69) is 22.9 Å². The van der Waals surface area contributed by atoms with Gasteiger partial charge in [0.15, 0.2) is 0 Å². The topological polar surface area (TPSA) is 20.3 Å². The summed E-state index contributed by atoms with van der Waals surface area (Å²) in [6, 6.07) is 7.56. The zero-order valence-electron chi connectivity index (χ0n) is 9.61. The lowest BCUT2D eigenvalue weighted by molar-refractivity contribution is 0.0787. The standard InChI is InChI=1S/C13H16BrNO/c1-9-6-11(9)8-15(2)13(16)10-4-3-5-12(14)7-10/h3-5,7,9,11H,6,8H2,1-2H3. The highest BCUT2D eigenvalue weighted by molar-refractivity contribution is 9.10. The van der Waals surface area contributed by atoms with E-state index in [1.807, 2.05) is 36.2 Å². The van der Waals surface area contributed by atoms with E-state index >= 15 is 0 Å². The maximum Gasteiger partial charge on any atom is 0.253 e. The molecule has 2 unspecified atom stereocenters. The fraction of sp³-hybridized carbons (Fsp3) is 0.462. The molecule has 0 aromatic heterocycles. The fourth-order valence-electron chi connectivity index (χ4n) is 1.93. The zero-order chi connectivity index (χ0) is 11.7. The Hall–Kier alpha value is -0.830. The third-order valence-electron chi connectivity index (χ3n) is 3.20. The van der Waals surface area contributed by atoms with E-state index in [1.165, 1.54) is 6.42 Å². The molecular weight excluding hydrogens is 266 g/mol. The Morgan fingerprint density at radius 3 is 2.81 bits per heavy atom. The predicted molar refractivity (Wildman–Crippen MR) is 68.4 cm³/mol. The van der Waals surface area contributed by atoms with Gasteiger partial charge in [0.1, 0.15) is 0 Å². The third kappa shape index (κ3) is 2.64. The summed E-state index contributed by atoms with van der Waals surface area (Å²) < 4.78 is 0.950. The van der Waals surface area contributed by atoms with Crippen molar-refractivity contribution >= 4 is 21.8 Å². The summed E-state index contributed by atoms with van der Waals surface area (Å²) in [5, 5.41) is 0. The highest BCUT2D eigenvalue weighted by Crippen LogP contribution is 2.38. The first-order chi connectivity index (χ1) is 7.58. The Morgan fingerprint density at radius 2 is 2.25 bits per heavy atom. The van der Waals surface area contributed by atoms with Crippen molar-refractivity contribution < 1.29 is 4.79 Å². The molecule has 2 atom stereocenters. The minimum absolute atomic E-state index is 0.111. The number of benzene rings is 1. The minimum atomic E-state index is 0.111. The number of rotatable bonds is 3. The van der Waals surface area contributed by atoms with Crippen LogP contribution in [0.1, 0.15) is 23.7 Å². The van der Waals surface area contributed by atoms with E-state index in [0.29, 0.717) is 5.92 Å². The Morgan fingerprint density at radius 1 is 1.56 bits per heavy atom. The van der Waals surface area contributed by atoms with Gasteiger partial charge in [0.05, 0.1) is 0 Å². The van der Waals surface area contributed by atoms with Crippen molar-refractivity contribution in [3.8, 4) is 0 Å². The van der Waals surface area contributed by atoms with Crippen molar-refractivity contribution in [2.45, 2.75) is 13.3 Å². The van der Waals surface area contributed by atoms with Crippen LogP contribution in [0.25, 0.3) is 0 Å². The normalized spacial score (nSPS) is 22.9. The maximum absolute atomic E-state index is 12.1. The van der Waals surface area contributed by atoms with Gasteiger partial charge in [-0.3, -0.25) is 4.79 Å². The molecule has 1 aromatic rings. The molecule has 1 aliphatic carbocycles. The summed E-state index contributed by atoms with van der Waals surface area (Å²) in [5.41, 5.74) is 0.755. The zero-order valence-corrected chi connectivity index (χ0v) is 11.2. The first-order valence-electron chi connectivity index (χ1n) is 5.59. The second kappa shape index (κ2) is 4.58. The first kappa shape index (κ1) is 11.6. The van der Waals surface area contributed by atoms with Gasteiger partial charge in [0.25, 0.3) is 5.91 Å². The quantitative estimate of drug-likeness (QED) is 0.833. The van der Waals surface area contributed by atoms with Crippen LogP contribution in [0.15, 0.2) is 28.7 Å². The molecule has 16 heavy (non-hydrogen) atoms. The highest BCUT2D eigenvalue weighted by atomic mass is 79.9. The molecule has 0 N–H and O–H groups in total. The molecule has 0 aliphatic heterocycles. The van der Waals surface area contributed by atoms with Crippen LogP contribution in [0.3, 0.4) is 0 Å². The van der Waals surface area contributed by atoms with Gasteiger partial charge in [-0.05, 0) is 36.5 Å². The molecule has 3 heteroatoms. The van der Waals surface area contributed by atoms with Crippen molar-refractivity contribution in [2.24, 2.45) is 11.8 Å². The summed E-state index contributed by atoms with van der Waals surface area (Å²) in [7, 11) is 1.88. The molecule has 1 fully saturated rings. The number of halogens is 1. The fourth-order valence-corrected chi connectivity index (χ4v) is 2.33. The smallest absolute Gasteiger partial charge is 0.253 e. The van der Waals surface area contributed by atoms with E-state index in [-0.39, 0.29) is 5.91 Å². The molecule has 0 saturated heterocycles. The second-order valence-electron chi connectivity index (χ2n) is 4.67. The Kier molecular flexibility index (Phi) is 3.33. The lowest BCUT2D eigenvalue weighted by Crippen LogP contribution is -2.29. The summed E-state index contributed by atoms with van der Waals surface area (Å²) in [6.07, 6.45) is 1.26. The largest absolute Gasteiger partial charge is 0.341 e. The second-order valence-corrected chi connectivity index (χ2v) is 5.58. The number of hydrogen-bond donors (Lipinski definition) is 0. The molecule has 86 valence electrons. The molecule has 2 rings (SSSR count). The van der Waals surface area contributed by atoms with Crippen LogP contribution in [0.5, 0.6) is 0 Å². The van der Waals surface area contributed by atoms with Crippen LogP contribution in [-0.2, 0) is 0 Å². The molecule has 1 amide bonds. The van der Waals surface area contributed by atoms with Crippen LogP contribution in [0.4, 0.5) is 0 Å². The van der Waals surface area contributed by atoms with Crippen molar-refractivity contribution in [3.05, 3.63) is 34.3 Å². The van der Waals surface area contributed by atoms with Crippen LogP contribution in [0, 0.1) is 11.8 Å². The Bertz CT molecular complexity index is 405. The highest BCUT2D eigenvalue weighted by Gasteiger charge is 2.34. The van der Waals surface area contributed by atoms with Gasteiger partial charge in [-0.15, -0.1) is 0 Å². The van der Waals surface area contributed by atoms with E-state index in [0.717, 1.165) is 22.5 Å². The van der Waals surface area contributed by atoms with E-state index in [9.17, 15) is 4.79 Å². The number of carbonyl (C=O) groups excluding carboxylic acids is 1. The molecule has 1 aromatic carbocycles. The lowest BCUT2D eigenvalue weighted by atomic mass is 10.2. The number of hydrogen-bond acceptors (Lipinski definition) is 1. The molecule has 2 nitrogen and oxygen atoms in total. The minimum Gasteiger partial charge on any atom is -0.341 e. The number of nitrogens with zero attached hydrogens (tertiary/aromatic N) is 1. The average Bonchev–Trinajstić information content (AvgIpc) is 2.93. The molecule has 1 saturated carbocycles. The van der Waals surface area contributed by atoms with Crippen LogP contribution < -0.4 is 0 Å². The van der Waals surface area contributed by atoms with Crippen molar-refractivity contribution in [2.75, 3.05) is 13.6 Å². The van der Waals surface area contributed by atoms with E-state index in [1.54, 1.807) is 0 Å². The van der Waals surface area contributed by atoms with Gasteiger partial charge in [0.2, 0.25) is 0 Å². The number of carbonyl (C=O) groups is 1. The van der Waals surface area contributed by atoms with Gasteiger partial charge in [-0.25, -0.2) is 0 Å². The third-order valence-corrected chi connectivity index (χ3v) is 3.70. The van der Waals surface area contributed by atoms with Gasteiger partial charge in [0, 0.05) is 23.6 Å². The molecule has 0 heterocycles. The van der Waals surface area contributed by atoms with Crippen molar-refractivity contribution in [1.29, 1.82) is 0 Å². The summed E-state index contributed by atoms with van der Waals surface area (Å²) >= 11 is 3.38. The van der Waals surface area contributed by atoms with Gasteiger partial charge < -0.3 is 4.90 Å². The molecule has 1 aliphatic rings. The molecular formula is C13H16BrNO. The molecule has 0 spiro atoms. The average molecular weight is 282 g/mol. The first-order valence-corrected chi connectivity index (χ1v) is 6.38. The molecule has 0 bridgehead atoms. The van der Waals surface area contributed by atoms with E-state index < -0.39 is 0 Å². The van der Waals surface area contributed by atoms with Gasteiger partial charge in [-0.1, -0.05) is 28.9 Å². The van der Waals surface area contributed by atoms with Crippen LogP contribution >= 0.6 is 15.9 Å². The lowest BCUT2D eigenvalue weighted by Gasteiger charge is -2.17. The van der Waals surface area contributed by atoms with Crippen LogP contribution in [-0.4, -0.2) is 24.4 Å². The summed E-state index contributed by atoms with van der Waals surface area (Å²) in [4.78, 5) is 13.9.